The van der Waals surface area contributed by atoms with Gasteiger partial charge in [-0.2, -0.15) is 0 Å². The molecular formula is C24H24FN3O. The molecule has 1 aliphatic rings. The van der Waals surface area contributed by atoms with Gasteiger partial charge in [-0.3, -0.25) is 9.69 Å². The van der Waals surface area contributed by atoms with Crippen LogP contribution in [0.25, 0.3) is 0 Å². The second-order valence-electron chi connectivity index (χ2n) is 7.17. The first-order chi connectivity index (χ1) is 14.2. The van der Waals surface area contributed by atoms with Crippen molar-refractivity contribution in [2.45, 2.75) is 6.04 Å². The molecule has 1 N–H and O–H groups in total. The van der Waals surface area contributed by atoms with E-state index in [1.54, 1.807) is 12.1 Å². The number of anilines is 2. The molecule has 1 heterocycles. The number of para-hydroxylation sites is 1. The molecule has 1 atom stereocenters. The van der Waals surface area contributed by atoms with E-state index >= 15 is 0 Å². The van der Waals surface area contributed by atoms with Gasteiger partial charge in [-0.15, -0.1) is 0 Å². The van der Waals surface area contributed by atoms with E-state index in [9.17, 15) is 9.18 Å². The third-order valence-electron chi connectivity index (χ3n) is 5.28. The van der Waals surface area contributed by atoms with Crippen molar-refractivity contribution in [3.8, 4) is 0 Å². The van der Waals surface area contributed by atoms with Gasteiger partial charge in [-0.1, -0.05) is 48.5 Å². The lowest BCUT2D eigenvalue weighted by Gasteiger charge is -2.39. The smallest absolute Gasteiger partial charge is 0.246 e. The maximum Gasteiger partial charge on any atom is 0.246 e. The Morgan fingerprint density at radius 3 is 2.00 bits per heavy atom. The van der Waals surface area contributed by atoms with Crippen LogP contribution in [0.15, 0.2) is 84.9 Å². The lowest BCUT2D eigenvalue weighted by Crippen LogP contribution is -2.50. The molecule has 1 unspecified atom stereocenters. The summed E-state index contributed by atoms with van der Waals surface area (Å²) in [7, 11) is 0. The van der Waals surface area contributed by atoms with E-state index in [1.165, 1.54) is 17.8 Å². The predicted molar refractivity (Wildman–Crippen MR) is 114 cm³/mol. The molecule has 3 aromatic rings. The highest BCUT2D eigenvalue weighted by molar-refractivity contribution is 5.95. The summed E-state index contributed by atoms with van der Waals surface area (Å²) < 4.78 is 13.2. The van der Waals surface area contributed by atoms with Gasteiger partial charge in [0.05, 0.1) is 0 Å². The van der Waals surface area contributed by atoms with Crippen molar-refractivity contribution in [3.63, 3.8) is 0 Å². The van der Waals surface area contributed by atoms with Crippen molar-refractivity contribution < 1.29 is 9.18 Å². The van der Waals surface area contributed by atoms with E-state index in [4.69, 9.17) is 0 Å². The first-order valence-electron chi connectivity index (χ1n) is 9.86. The van der Waals surface area contributed by atoms with Crippen LogP contribution in [0.1, 0.15) is 11.6 Å². The Hall–Kier alpha value is -3.18. The molecule has 148 valence electrons. The van der Waals surface area contributed by atoms with Crippen LogP contribution >= 0.6 is 0 Å². The van der Waals surface area contributed by atoms with Crippen LogP contribution < -0.4 is 10.2 Å². The van der Waals surface area contributed by atoms with E-state index < -0.39 is 0 Å². The molecule has 0 bridgehead atoms. The highest BCUT2D eigenvalue weighted by Crippen LogP contribution is 2.26. The summed E-state index contributed by atoms with van der Waals surface area (Å²) in [4.78, 5) is 17.7. The van der Waals surface area contributed by atoms with Crippen LogP contribution in [-0.2, 0) is 4.79 Å². The van der Waals surface area contributed by atoms with Gasteiger partial charge in [0.25, 0.3) is 0 Å². The minimum Gasteiger partial charge on any atom is -0.369 e. The monoisotopic (exact) mass is 389 g/mol. The minimum absolute atomic E-state index is 0.101. The molecule has 0 aromatic heterocycles. The zero-order valence-electron chi connectivity index (χ0n) is 16.2. The number of amides is 1. The standard InChI is InChI=1S/C24H24FN3O/c25-20-11-13-21(14-12-20)26-24(29)23(19-7-3-1-4-8-19)28-17-15-27(16-18-28)22-9-5-2-6-10-22/h1-14,23H,15-18H2,(H,26,29). The van der Waals surface area contributed by atoms with Crippen molar-refractivity contribution in [2.24, 2.45) is 0 Å². The fourth-order valence-electron chi connectivity index (χ4n) is 3.78. The summed E-state index contributed by atoms with van der Waals surface area (Å²) in [5.41, 5.74) is 2.76. The molecule has 5 heteroatoms. The zero-order chi connectivity index (χ0) is 20.1. The lowest BCUT2D eigenvalue weighted by atomic mass is 10.0. The van der Waals surface area contributed by atoms with Crippen LogP contribution in [0.3, 0.4) is 0 Å². The van der Waals surface area contributed by atoms with Gasteiger partial charge < -0.3 is 10.2 Å². The first-order valence-corrected chi connectivity index (χ1v) is 9.86. The number of carbonyl (C=O) groups is 1. The Morgan fingerprint density at radius 2 is 1.38 bits per heavy atom. The van der Waals surface area contributed by atoms with E-state index in [-0.39, 0.29) is 17.8 Å². The van der Waals surface area contributed by atoms with Gasteiger partial charge in [-0.05, 0) is 42.0 Å². The molecule has 0 spiro atoms. The van der Waals surface area contributed by atoms with Gasteiger partial charge >= 0.3 is 0 Å². The van der Waals surface area contributed by atoms with E-state index in [1.807, 2.05) is 48.5 Å². The number of halogens is 1. The topological polar surface area (TPSA) is 35.6 Å². The number of hydrogen-bond acceptors (Lipinski definition) is 3. The Kier molecular flexibility index (Phi) is 5.86. The highest BCUT2D eigenvalue weighted by atomic mass is 19.1. The molecule has 1 amide bonds. The van der Waals surface area contributed by atoms with E-state index in [0.29, 0.717) is 5.69 Å². The summed E-state index contributed by atoms with van der Waals surface area (Å²) in [6.07, 6.45) is 0. The van der Waals surface area contributed by atoms with Crippen molar-refractivity contribution in [1.82, 2.24) is 4.90 Å². The van der Waals surface area contributed by atoms with Crippen LogP contribution in [0, 0.1) is 5.82 Å². The largest absolute Gasteiger partial charge is 0.369 e. The van der Waals surface area contributed by atoms with Crippen LogP contribution in [0.4, 0.5) is 15.8 Å². The minimum atomic E-state index is -0.390. The van der Waals surface area contributed by atoms with Crippen LogP contribution in [-0.4, -0.2) is 37.0 Å². The molecular weight excluding hydrogens is 365 g/mol. The van der Waals surface area contributed by atoms with Crippen molar-refractivity contribution in [2.75, 3.05) is 36.4 Å². The lowest BCUT2D eigenvalue weighted by molar-refractivity contribution is -0.121. The SMILES string of the molecule is O=C(Nc1ccc(F)cc1)C(c1ccccc1)N1CCN(c2ccccc2)CC1. The zero-order valence-corrected chi connectivity index (χ0v) is 16.2. The third kappa shape index (κ3) is 4.63. The van der Waals surface area contributed by atoms with Crippen molar-refractivity contribution in [1.29, 1.82) is 0 Å². The highest BCUT2D eigenvalue weighted by Gasteiger charge is 2.30. The molecule has 3 aromatic carbocycles. The molecule has 0 aliphatic carbocycles. The van der Waals surface area contributed by atoms with Gasteiger partial charge in [0, 0.05) is 37.6 Å². The van der Waals surface area contributed by atoms with Gasteiger partial charge in [0.2, 0.25) is 5.91 Å². The Labute approximate surface area is 170 Å². The van der Waals surface area contributed by atoms with Crippen molar-refractivity contribution >= 4 is 17.3 Å². The molecule has 1 aliphatic heterocycles. The second-order valence-corrected chi connectivity index (χ2v) is 7.17. The van der Waals surface area contributed by atoms with Gasteiger partial charge in [0.1, 0.15) is 11.9 Å². The summed E-state index contributed by atoms with van der Waals surface area (Å²) in [6, 6.07) is 25.7. The number of hydrogen-bond donors (Lipinski definition) is 1. The number of nitrogens with one attached hydrogen (secondary N) is 1. The van der Waals surface area contributed by atoms with Crippen LogP contribution in [0.2, 0.25) is 0 Å². The molecule has 4 nitrogen and oxygen atoms in total. The Bertz CT molecular complexity index is 923. The predicted octanol–water partition coefficient (Wildman–Crippen LogP) is 4.33. The summed E-state index contributed by atoms with van der Waals surface area (Å²) >= 11 is 0. The molecule has 0 saturated carbocycles. The van der Waals surface area contributed by atoms with Crippen LogP contribution in [0.5, 0.6) is 0 Å². The summed E-state index contributed by atoms with van der Waals surface area (Å²) in [5, 5.41) is 2.95. The summed E-state index contributed by atoms with van der Waals surface area (Å²) in [6.45, 7) is 3.28. The molecule has 1 saturated heterocycles. The van der Waals surface area contributed by atoms with E-state index in [0.717, 1.165) is 31.7 Å². The maximum absolute atomic E-state index is 13.2. The average Bonchev–Trinajstić information content (AvgIpc) is 2.77. The fourth-order valence-corrected chi connectivity index (χ4v) is 3.78. The quantitative estimate of drug-likeness (QED) is 0.706. The number of piperazine rings is 1. The molecule has 4 rings (SSSR count). The maximum atomic E-state index is 13.2. The number of carbonyl (C=O) groups excluding carboxylic acids is 1. The van der Waals surface area contributed by atoms with Gasteiger partial charge in [0.15, 0.2) is 0 Å². The normalized spacial score (nSPS) is 15.7. The first kappa shape index (κ1) is 19.2. The molecule has 29 heavy (non-hydrogen) atoms. The third-order valence-corrected chi connectivity index (χ3v) is 5.28. The Balaban J connectivity index is 1.51. The average molecular weight is 389 g/mol. The number of rotatable bonds is 5. The van der Waals surface area contributed by atoms with Crippen molar-refractivity contribution in [3.05, 3.63) is 96.3 Å². The number of nitrogens with zero attached hydrogens (tertiary/aromatic N) is 2. The Morgan fingerprint density at radius 1 is 0.793 bits per heavy atom. The fraction of sp³-hybridized carbons (Fsp3) is 0.208. The van der Waals surface area contributed by atoms with Gasteiger partial charge in [-0.25, -0.2) is 4.39 Å². The molecule has 0 radical (unpaired) electrons. The number of benzene rings is 3. The second kappa shape index (κ2) is 8.88. The summed E-state index contributed by atoms with van der Waals surface area (Å²) in [5.74, 6) is -0.421. The van der Waals surface area contributed by atoms with E-state index in [2.05, 4.69) is 27.2 Å². The molecule has 1 fully saturated rings.